The van der Waals surface area contributed by atoms with Gasteiger partial charge >= 0.3 is 0 Å². The van der Waals surface area contributed by atoms with Crippen molar-refractivity contribution in [3.63, 3.8) is 0 Å². The highest BCUT2D eigenvalue weighted by atomic mass is 35.5. The summed E-state index contributed by atoms with van der Waals surface area (Å²) < 4.78 is 5.49. The maximum Gasteiger partial charge on any atom is 0.238 e. The number of ether oxygens (including phenoxy) is 1. The Morgan fingerprint density at radius 1 is 1.13 bits per heavy atom. The van der Waals surface area contributed by atoms with E-state index in [1.807, 2.05) is 60.5 Å². The lowest BCUT2D eigenvalue weighted by Crippen LogP contribution is -2.47. The van der Waals surface area contributed by atoms with E-state index in [0.29, 0.717) is 6.54 Å². The van der Waals surface area contributed by atoms with Gasteiger partial charge in [0.25, 0.3) is 0 Å². The van der Waals surface area contributed by atoms with Crippen LogP contribution in [-0.4, -0.2) is 37.8 Å². The molecule has 2 aromatic rings. The summed E-state index contributed by atoms with van der Waals surface area (Å²) in [7, 11) is 3.48. The predicted molar refractivity (Wildman–Crippen MR) is 122 cm³/mol. The Morgan fingerprint density at radius 3 is 2.47 bits per heavy atom. The summed E-state index contributed by atoms with van der Waals surface area (Å²) in [5, 5.41) is 14.1. The van der Waals surface area contributed by atoms with Crippen LogP contribution in [0.5, 0.6) is 5.75 Å². The van der Waals surface area contributed by atoms with Gasteiger partial charge < -0.3 is 20.1 Å². The zero-order valence-electron chi connectivity index (χ0n) is 17.6. The minimum Gasteiger partial charge on any atom is -0.497 e. The van der Waals surface area contributed by atoms with Crippen LogP contribution in [0.3, 0.4) is 0 Å². The first-order valence-corrected chi connectivity index (χ1v) is 10.5. The molecule has 30 heavy (non-hydrogen) atoms. The van der Waals surface area contributed by atoms with E-state index < -0.39 is 17.6 Å². The first-order valence-electron chi connectivity index (χ1n) is 10.5. The Labute approximate surface area is 184 Å². The second-order valence-electron chi connectivity index (χ2n) is 8.18. The Bertz CT molecular complexity index is 868. The molecule has 2 aromatic carbocycles. The lowest BCUT2D eigenvalue weighted by Gasteiger charge is -2.36. The molecule has 0 saturated heterocycles. The van der Waals surface area contributed by atoms with Crippen LogP contribution in [0.4, 0.5) is 5.69 Å². The average Bonchev–Trinajstić information content (AvgIpc) is 2.98. The maximum absolute atomic E-state index is 14.0. The van der Waals surface area contributed by atoms with Gasteiger partial charge in [0.2, 0.25) is 5.91 Å². The van der Waals surface area contributed by atoms with E-state index in [4.69, 9.17) is 4.74 Å². The molecule has 2 N–H and O–H groups in total. The Kier molecular flexibility index (Phi) is 7.06. The third kappa shape index (κ3) is 3.70. The van der Waals surface area contributed by atoms with Crippen LogP contribution in [-0.2, 0) is 10.2 Å². The van der Waals surface area contributed by atoms with Crippen molar-refractivity contribution in [1.82, 2.24) is 5.32 Å². The van der Waals surface area contributed by atoms with Crippen molar-refractivity contribution in [3.8, 4) is 5.75 Å². The quantitative estimate of drug-likeness (QED) is 0.727. The average molecular weight is 431 g/mol. The SMILES string of the molecule is CNC[C@@H](O)[C@H](c1ccccc1)N1C(=O)C2(CCCCC2)c2cc(OC)ccc21.Cl. The number of anilines is 1. The number of nitrogens with zero attached hydrogens (tertiary/aromatic N) is 1. The van der Waals surface area contributed by atoms with Crippen LogP contribution in [0.15, 0.2) is 48.5 Å². The highest BCUT2D eigenvalue weighted by molar-refractivity contribution is 6.09. The molecule has 2 aliphatic rings. The molecular weight excluding hydrogens is 400 g/mol. The molecule has 0 unspecified atom stereocenters. The number of aliphatic hydroxyl groups excluding tert-OH is 1. The molecule has 4 rings (SSSR count). The highest BCUT2D eigenvalue weighted by Crippen LogP contribution is 2.53. The third-order valence-electron chi connectivity index (χ3n) is 6.51. The molecular formula is C24H31ClN2O3. The number of rotatable bonds is 6. The molecule has 1 heterocycles. The summed E-state index contributed by atoms with van der Waals surface area (Å²) in [6.07, 6.45) is 4.24. The minimum absolute atomic E-state index is 0. The number of benzene rings is 2. The first kappa shape index (κ1) is 22.6. The number of halogens is 1. The molecule has 1 saturated carbocycles. The number of aliphatic hydroxyl groups is 1. The summed E-state index contributed by atoms with van der Waals surface area (Å²) in [6.45, 7) is 0.405. The lowest BCUT2D eigenvalue weighted by molar-refractivity contribution is -0.125. The lowest BCUT2D eigenvalue weighted by atomic mass is 9.70. The molecule has 162 valence electrons. The largest absolute Gasteiger partial charge is 0.497 e. The van der Waals surface area contributed by atoms with Crippen molar-refractivity contribution < 1.29 is 14.6 Å². The fourth-order valence-electron chi connectivity index (χ4n) is 5.12. The summed E-state index contributed by atoms with van der Waals surface area (Å²) in [5.74, 6) is 0.889. The Balaban J connectivity index is 0.00000256. The number of amides is 1. The third-order valence-corrected chi connectivity index (χ3v) is 6.51. The van der Waals surface area contributed by atoms with Gasteiger partial charge in [0.15, 0.2) is 0 Å². The van der Waals surface area contributed by atoms with Crippen molar-refractivity contribution in [2.75, 3.05) is 25.6 Å². The van der Waals surface area contributed by atoms with Crippen LogP contribution >= 0.6 is 12.4 Å². The number of carbonyl (C=O) groups excluding carboxylic acids is 1. The molecule has 5 nitrogen and oxygen atoms in total. The highest BCUT2D eigenvalue weighted by Gasteiger charge is 2.53. The maximum atomic E-state index is 14.0. The molecule has 1 aliphatic heterocycles. The topological polar surface area (TPSA) is 61.8 Å². The fourth-order valence-corrected chi connectivity index (χ4v) is 5.12. The Morgan fingerprint density at radius 2 is 1.83 bits per heavy atom. The van der Waals surface area contributed by atoms with E-state index in [1.54, 1.807) is 7.11 Å². The molecule has 0 radical (unpaired) electrons. The number of nitrogens with one attached hydrogen (secondary N) is 1. The van der Waals surface area contributed by atoms with Crippen molar-refractivity contribution in [1.29, 1.82) is 0 Å². The van der Waals surface area contributed by atoms with E-state index in [9.17, 15) is 9.90 Å². The summed E-state index contributed by atoms with van der Waals surface area (Å²) in [4.78, 5) is 15.9. The molecule has 0 bridgehead atoms. The molecule has 0 aromatic heterocycles. The van der Waals surface area contributed by atoms with Crippen LogP contribution < -0.4 is 15.0 Å². The van der Waals surface area contributed by atoms with Gasteiger partial charge in [-0.2, -0.15) is 0 Å². The monoisotopic (exact) mass is 430 g/mol. The van der Waals surface area contributed by atoms with Gasteiger partial charge in [-0.1, -0.05) is 49.6 Å². The van der Waals surface area contributed by atoms with Gasteiger partial charge in [0.05, 0.1) is 24.7 Å². The summed E-state index contributed by atoms with van der Waals surface area (Å²) >= 11 is 0. The first-order chi connectivity index (χ1) is 14.1. The van der Waals surface area contributed by atoms with Crippen LogP contribution in [0.25, 0.3) is 0 Å². The molecule has 1 aliphatic carbocycles. The number of hydrogen-bond donors (Lipinski definition) is 2. The van der Waals surface area contributed by atoms with Gasteiger partial charge in [0, 0.05) is 12.2 Å². The van der Waals surface area contributed by atoms with Crippen LogP contribution in [0.1, 0.15) is 49.3 Å². The van der Waals surface area contributed by atoms with Crippen LogP contribution in [0.2, 0.25) is 0 Å². The number of carbonyl (C=O) groups is 1. The van der Waals surface area contributed by atoms with Gasteiger partial charge in [-0.15, -0.1) is 12.4 Å². The number of fused-ring (bicyclic) bond motifs is 2. The molecule has 1 fully saturated rings. The fraction of sp³-hybridized carbons (Fsp3) is 0.458. The van der Waals surface area contributed by atoms with Gasteiger partial charge in [-0.3, -0.25) is 4.79 Å². The predicted octanol–water partition coefficient (Wildman–Crippen LogP) is 3.99. The normalized spacial score (nSPS) is 19.2. The summed E-state index contributed by atoms with van der Waals surface area (Å²) in [5.41, 5.74) is 2.40. The standard InChI is InChI=1S/C24H30N2O3.ClH/c1-25-16-21(27)22(17-9-5-3-6-10-17)26-20-12-11-18(29-2)15-19(20)24(23(26)28)13-7-4-8-14-24;/h3,5-6,9-12,15,21-22,25,27H,4,7-8,13-14,16H2,1-2H3;1H/t21-,22+;/m1./s1. The molecule has 1 amide bonds. The number of likely N-dealkylation sites (N-methyl/N-ethyl adjacent to an activating group) is 1. The second kappa shape index (κ2) is 9.38. The van der Waals surface area contributed by atoms with Gasteiger partial charge in [-0.25, -0.2) is 0 Å². The van der Waals surface area contributed by atoms with Gasteiger partial charge in [0.1, 0.15) is 5.75 Å². The molecule has 6 heteroatoms. The van der Waals surface area contributed by atoms with Crippen molar-refractivity contribution >= 4 is 24.0 Å². The molecule has 1 spiro atoms. The van der Waals surface area contributed by atoms with E-state index in [-0.39, 0.29) is 18.3 Å². The van der Waals surface area contributed by atoms with Crippen LogP contribution in [0, 0.1) is 0 Å². The molecule has 2 atom stereocenters. The van der Waals surface area contributed by atoms with E-state index >= 15 is 0 Å². The summed E-state index contributed by atoms with van der Waals surface area (Å²) in [6, 6.07) is 15.3. The zero-order valence-corrected chi connectivity index (χ0v) is 18.5. The van der Waals surface area contributed by atoms with Crippen molar-refractivity contribution in [3.05, 3.63) is 59.7 Å². The number of hydrogen-bond acceptors (Lipinski definition) is 4. The van der Waals surface area contributed by atoms with Crippen molar-refractivity contribution in [2.24, 2.45) is 0 Å². The van der Waals surface area contributed by atoms with E-state index in [1.165, 1.54) is 6.42 Å². The minimum atomic E-state index is -0.722. The Hall–Kier alpha value is -2.08. The number of methoxy groups -OCH3 is 1. The smallest absolute Gasteiger partial charge is 0.238 e. The van der Waals surface area contributed by atoms with Crippen molar-refractivity contribution in [2.45, 2.75) is 49.7 Å². The van der Waals surface area contributed by atoms with E-state index in [2.05, 4.69) is 5.32 Å². The zero-order chi connectivity index (χ0) is 20.4. The van der Waals surface area contributed by atoms with Gasteiger partial charge in [-0.05, 0) is 49.2 Å². The van der Waals surface area contributed by atoms with E-state index in [0.717, 1.165) is 48.2 Å². The second-order valence-corrected chi connectivity index (χ2v) is 8.18.